The van der Waals surface area contributed by atoms with Crippen LogP contribution in [0.4, 0.5) is 5.95 Å². The molecule has 1 aliphatic carbocycles. The van der Waals surface area contributed by atoms with Crippen LogP contribution < -0.4 is 11.1 Å². The number of amidine groups is 1. The van der Waals surface area contributed by atoms with Crippen LogP contribution in [-0.2, 0) is 21.5 Å². The predicted octanol–water partition coefficient (Wildman–Crippen LogP) is 2.39. The summed E-state index contributed by atoms with van der Waals surface area (Å²) in [5.74, 6) is -0.0498. The van der Waals surface area contributed by atoms with E-state index >= 15 is 0 Å². The van der Waals surface area contributed by atoms with Gasteiger partial charge in [-0.3, -0.25) is 19.7 Å². The number of ether oxygens (including phenoxy) is 1. The lowest BCUT2D eigenvalue weighted by Crippen LogP contribution is -2.50. The lowest BCUT2D eigenvalue weighted by Gasteiger charge is -2.42. The van der Waals surface area contributed by atoms with Crippen LogP contribution >= 0.6 is 0 Å². The van der Waals surface area contributed by atoms with E-state index in [9.17, 15) is 9.59 Å². The Labute approximate surface area is 220 Å². The number of benzene rings is 1. The van der Waals surface area contributed by atoms with Crippen molar-refractivity contribution in [2.24, 2.45) is 0 Å². The Kier molecular flexibility index (Phi) is 7.19. The Morgan fingerprint density at radius 1 is 1.11 bits per heavy atom. The minimum Gasteiger partial charge on any atom is -0.381 e. The van der Waals surface area contributed by atoms with Gasteiger partial charge in [-0.15, -0.1) is 0 Å². The summed E-state index contributed by atoms with van der Waals surface area (Å²) >= 11 is 0. The Morgan fingerprint density at radius 2 is 1.79 bits per heavy atom. The number of methoxy groups -OCH3 is 1. The summed E-state index contributed by atoms with van der Waals surface area (Å²) in [4.78, 5) is 35.5. The number of hydrogen-bond acceptors (Lipinski definition) is 8. The van der Waals surface area contributed by atoms with Gasteiger partial charge < -0.3 is 20.7 Å². The summed E-state index contributed by atoms with van der Waals surface area (Å²) in [6.07, 6.45) is 10.7. The fraction of sp³-hybridized carbons (Fsp3) is 0.407. The molecule has 3 aromatic rings. The summed E-state index contributed by atoms with van der Waals surface area (Å²) in [6.45, 7) is 1.37. The van der Waals surface area contributed by atoms with Crippen molar-refractivity contribution in [1.82, 2.24) is 30.0 Å². The van der Waals surface area contributed by atoms with E-state index in [0.29, 0.717) is 18.7 Å². The molecule has 1 saturated heterocycles. The fourth-order valence-electron chi connectivity index (χ4n) is 5.13. The molecule has 38 heavy (non-hydrogen) atoms. The van der Waals surface area contributed by atoms with Crippen LogP contribution in [0.3, 0.4) is 0 Å². The van der Waals surface area contributed by atoms with Crippen LogP contribution in [0.5, 0.6) is 0 Å². The topological polar surface area (TPSA) is 152 Å². The maximum absolute atomic E-state index is 13.0. The third-order valence-corrected chi connectivity index (χ3v) is 7.69. The molecule has 2 aliphatic rings. The van der Waals surface area contributed by atoms with Gasteiger partial charge >= 0.3 is 0 Å². The van der Waals surface area contributed by atoms with E-state index in [4.69, 9.17) is 15.9 Å². The van der Waals surface area contributed by atoms with Gasteiger partial charge in [0, 0.05) is 44.4 Å². The van der Waals surface area contributed by atoms with Gasteiger partial charge in [0.1, 0.15) is 12.4 Å². The molecule has 2 aromatic heterocycles. The number of rotatable bonds is 7. The molecule has 11 heteroatoms. The zero-order valence-electron chi connectivity index (χ0n) is 21.4. The van der Waals surface area contributed by atoms with Crippen molar-refractivity contribution in [3.8, 4) is 11.1 Å². The minimum atomic E-state index is -0.536. The molecule has 1 saturated carbocycles. The van der Waals surface area contributed by atoms with Crippen molar-refractivity contribution in [1.29, 1.82) is 5.41 Å². The van der Waals surface area contributed by atoms with Gasteiger partial charge in [0.2, 0.25) is 11.9 Å². The summed E-state index contributed by atoms with van der Waals surface area (Å²) in [5, 5.41) is 15.8. The lowest BCUT2D eigenvalue weighted by molar-refractivity contribution is -0.134. The quantitative estimate of drug-likeness (QED) is 0.322. The second-order valence-electron chi connectivity index (χ2n) is 9.91. The molecule has 5 rings (SSSR count). The van der Waals surface area contributed by atoms with Crippen molar-refractivity contribution in [3.63, 3.8) is 0 Å². The number of anilines is 1. The third-order valence-electron chi connectivity index (χ3n) is 7.69. The first kappa shape index (κ1) is 25.5. The third kappa shape index (κ3) is 5.14. The molecule has 11 nitrogen and oxygen atoms in total. The molecule has 2 amide bonds. The Hall–Kier alpha value is -4.12. The smallest absolute Gasteiger partial charge is 0.259 e. The van der Waals surface area contributed by atoms with E-state index in [1.54, 1.807) is 30.6 Å². The maximum Gasteiger partial charge on any atom is 0.259 e. The zero-order chi connectivity index (χ0) is 26.7. The number of amides is 2. The first-order chi connectivity index (χ1) is 18.4. The number of carbonyl (C=O) groups is 2. The summed E-state index contributed by atoms with van der Waals surface area (Å²) in [5.41, 5.74) is 8.14. The van der Waals surface area contributed by atoms with Crippen LogP contribution in [0.15, 0.2) is 49.1 Å². The standard InChI is InChI=1S/C27H32N8O3/c1-38-22-7-11-34(12-8-22)23(36)17-35-16-20(15-32-35)24(37)33-25(28)27(9-2-10-27)21-5-3-18(4-6-21)19-13-30-26(29)31-14-19/h3-6,13-16,22H,2,7-12,17H2,1H3,(H2,28,33,37)(H2,29,30,31). The minimum absolute atomic E-state index is 0.0373. The largest absolute Gasteiger partial charge is 0.381 e. The first-order valence-electron chi connectivity index (χ1n) is 12.8. The molecule has 1 aromatic carbocycles. The number of nitrogens with one attached hydrogen (secondary N) is 2. The Bertz CT molecular complexity index is 1310. The highest BCUT2D eigenvalue weighted by Crippen LogP contribution is 2.44. The normalized spacial score (nSPS) is 17.0. The van der Waals surface area contributed by atoms with Gasteiger partial charge in [0.15, 0.2) is 0 Å². The number of nitrogens with zero attached hydrogens (tertiary/aromatic N) is 5. The van der Waals surface area contributed by atoms with Gasteiger partial charge in [0.05, 0.1) is 23.3 Å². The number of nitrogens with two attached hydrogens (primary N) is 1. The summed E-state index contributed by atoms with van der Waals surface area (Å²) in [7, 11) is 1.69. The number of hydrogen-bond donors (Lipinski definition) is 3. The highest BCUT2D eigenvalue weighted by atomic mass is 16.5. The van der Waals surface area contributed by atoms with Gasteiger partial charge in [-0.05, 0) is 36.8 Å². The van der Waals surface area contributed by atoms with E-state index in [1.165, 1.54) is 10.9 Å². The van der Waals surface area contributed by atoms with Gasteiger partial charge in [-0.1, -0.05) is 30.7 Å². The fourth-order valence-corrected chi connectivity index (χ4v) is 5.13. The van der Waals surface area contributed by atoms with E-state index in [0.717, 1.165) is 48.8 Å². The highest BCUT2D eigenvalue weighted by Gasteiger charge is 2.43. The van der Waals surface area contributed by atoms with Crippen molar-refractivity contribution in [3.05, 3.63) is 60.2 Å². The SMILES string of the molecule is COC1CCN(C(=O)Cn2cc(C(=O)NC(=N)C3(c4ccc(-c5cnc(N)nc5)cc4)CCC3)cn2)CC1. The van der Waals surface area contributed by atoms with Gasteiger partial charge in [0.25, 0.3) is 5.91 Å². The molecule has 2 fully saturated rings. The van der Waals surface area contributed by atoms with E-state index in [-0.39, 0.29) is 30.3 Å². The second-order valence-corrected chi connectivity index (χ2v) is 9.91. The maximum atomic E-state index is 13.0. The molecule has 3 heterocycles. The molecule has 0 atom stereocenters. The molecular formula is C27H32N8O3. The molecule has 0 bridgehead atoms. The van der Waals surface area contributed by atoms with Crippen LogP contribution in [0.1, 0.15) is 48.0 Å². The number of likely N-dealkylation sites (tertiary alicyclic amines) is 1. The number of carbonyl (C=O) groups excluding carboxylic acids is 2. The average Bonchev–Trinajstić information content (AvgIpc) is 3.37. The Morgan fingerprint density at radius 3 is 2.39 bits per heavy atom. The van der Waals surface area contributed by atoms with Crippen molar-refractivity contribution < 1.29 is 14.3 Å². The van der Waals surface area contributed by atoms with E-state index < -0.39 is 11.3 Å². The van der Waals surface area contributed by atoms with E-state index in [1.807, 2.05) is 24.3 Å². The number of piperidine rings is 1. The molecule has 4 N–H and O–H groups in total. The lowest BCUT2D eigenvalue weighted by atomic mass is 9.63. The van der Waals surface area contributed by atoms with Gasteiger partial charge in [-0.2, -0.15) is 5.10 Å². The van der Waals surface area contributed by atoms with Crippen molar-refractivity contribution in [2.45, 2.75) is 50.2 Å². The van der Waals surface area contributed by atoms with Crippen LogP contribution in [0, 0.1) is 5.41 Å². The Balaban J connectivity index is 1.21. The first-order valence-corrected chi connectivity index (χ1v) is 12.8. The monoisotopic (exact) mass is 516 g/mol. The average molecular weight is 517 g/mol. The van der Waals surface area contributed by atoms with Crippen molar-refractivity contribution in [2.75, 3.05) is 25.9 Å². The number of nitrogen functional groups attached to an aromatic ring is 1. The molecule has 1 aliphatic heterocycles. The molecule has 0 radical (unpaired) electrons. The van der Waals surface area contributed by atoms with Crippen LogP contribution in [0.2, 0.25) is 0 Å². The van der Waals surface area contributed by atoms with Crippen LogP contribution in [-0.4, -0.2) is 68.6 Å². The molecular weight excluding hydrogens is 484 g/mol. The van der Waals surface area contributed by atoms with Crippen molar-refractivity contribution >= 4 is 23.6 Å². The second kappa shape index (κ2) is 10.7. The molecule has 0 spiro atoms. The summed E-state index contributed by atoms with van der Waals surface area (Å²) in [6, 6.07) is 7.92. The predicted molar refractivity (Wildman–Crippen MR) is 141 cm³/mol. The number of aromatic nitrogens is 4. The highest BCUT2D eigenvalue weighted by molar-refractivity contribution is 6.09. The van der Waals surface area contributed by atoms with Crippen LogP contribution in [0.25, 0.3) is 11.1 Å². The van der Waals surface area contributed by atoms with E-state index in [2.05, 4.69) is 20.4 Å². The summed E-state index contributed by atoms with van der Waals surface area (Å²) < 4.78 is 6.84. The zero-order valence-corrected chi connectivity index (χ0v) is 21.4. The molecule has 0 unspecified atom stereocenters. The van der Waals surface area contributed by atoms with Gasteiger partial charge in [-0.25, -0.2) is 9.97 Å². The molecule has 198 valence electrons.